The minimum absolute atomic E-state index is 0.154. The third-order valence-corrected chi connectivity index (χ3v) is 5.10. The molecular formula is C23H19FN4O3. The van der Waals surface area contributed by atoms with Gasteiger partial charge in [-0.3, -0.25) is 0 Å². The van der Waals surface area contributed by atoms with E-state index in [0.29, 0.717) is 17.2 Å². The summed E-state index contributed by atoms with van der Waals surface area (Å²) in [5.74, 6) is -0.115. The molecular weight excluding hydrogens is 399 g/mol. The first-order valence-corrected chi connectivity index (χ1v) is 10.0. The normalized spacial score (nSPS) is 14.4. The van der Waals surface area contributed by atoms with Crippen LogP contribution in [-0.4, -0.2) is 25.9 Å². The summed E-state index contributed by atoms with van der Waals surface area (Å²) in [6.07, 6.45) is 1.38. The van der Waals surface area contributed by atoms with Crippen LogP contribution in [0.4, 0.5) is 4.39 Å². The fourth-order valence-electron chi connectivity index (χ4n) is 3.27. The predicted octanol–water partition coefficient (Wildman–Crippen LogP) is 4.86. The molecule has 0 unspecified atom stereocenters. The van der Waals surface area contributed by atoms with Crippen molar-refractivity contribution in [2.24, 2.45) is 0 Å². The van der Waals surface area contributed by atoms with E-state index >= 15 is 0 Å². The zero-order valence-electron chi connectivity index (χ0n) is 16.7. The van der Waals surface area contributed by atoms with Crippen molar-refractivity contribution in [3.05, 3.63) is 83.8 Å². The van der Waals surface area contributed by atoms with Crippen molar-refractivity contribution in [1.82, 2.24) is 20.0 Å². The third kappa shape index (κ3) is 3.96. The Labute approximate surface area is 177 Å². The molecule has 0 N–H and O–H groups in total. The van der Waals surface area contributed by atoms with Crippen LogP contribution >= 0.6 is 0 Å². The van der Waals surface area contributed by atoms with E-state index in [1.807, 2.05) is 30.3 Å². The van der Waals surface area contributed by atoms with Gasteiger partial charge in [0.2, 0.25) is 5.89 Å². The lowest BCUT2D eigenvalue weighted by molar-refractivity contribution is 0.0269. The van der Waals surface area contributed by atoms with E-state index < -0.39 is 12.1 Å². The number of hydrogen-bond donors (Lipinski definition) is 0. The molecule has 2 aromatic heterocycles. The number of esters is 1. The van der Waals surface area contributed by atoms with Gasteiger partial charge in [0.15, 0.2) is 11.8 Å². The molecule has 1 aliphatic rings. The number of ether oxygens (including phenoxy) is 1. The number of halogens is 1. The molecule has 4 aromatic rings. The van der Waals surface area contributed by atoms with Crippen LogP contribution < -0.4 is 0 Å². The zero-order valence-corrected chi connectivity index (χ0v) is 16.7. The number of rotatable bonds is 6. The second-order valence-corrected chi connectivity index (χ2v) is 7.48. The van der Waals surface area contributed by atoms with Gasteiger partial charge >= 0.3 is 5.97 Å². The highest BCUT2D eigenvalue weighted by Crippen LogP contribution is 2.40. The molecule has 156 valence electrons. The Morgan fingerprint density at radius 3 is 2.58 bits per heavy atom. The topological polar surface area (TPSA) is 83.0 Å². The Hall–Kier alpha value is -3.81. The average molecular weight is 418 g/mol. The quantitative estimate of drug-likeness (QED) is 0.416. The summed E-state index contributed by atoms with van der Waals surface area (Å²) in [6.45, 7) is 1.66. The number of aromatic nitrogens is 4. The first-order chi connectivity index (χ1) is 15.1. The first kappa shape index (κ1) is 19.2. The second kappa shape index (κ2) is 7.79. The minimum Gasteiger partial charge on any atom is -0.448 e. The predicted molar refractivity (Wildman–Crippen MR) is 109 cm³/mol. The standard InChI is InChI=1S/C23H19FN4O3/c1-14(21-25-26-22(31-21)16-9-11-17(24)12-10-16)30-23(29)20-13-19(15-7-8-15)27-28(20)18-5-3-2-4-6-18/h2-6,9-15H,7-8H2,1H3/t14-/m0/s1. The van der Waals surface area contributed by atoms with Crippen molar-refractivity contribution in [2.75, 3.05) is 0 Å². The Balaban J connectivity index is 1.37. The summed E-state index contributed by atoms with van der Waals surface area (Å²) in [4.78, 5) is 13.0. The largest absolute Gasteiger partial charge is 0.448 e. The highest BCUT2D eigenvalue weighted by Gasteiger charge is 2.30. The van der Waals surface area contributed by atoms with Crippen molar-refractivity contribution in [3.63, 3.8) is 0 Å². The van der Waals surface area contributed by atoms with Gasteiger partial charge in [0.1, 0.15) is 5.82 Å². The summed E-state index contributed by atoms with van der Waals surface area (Å²) in [6, 6.07) is 17.0. The first-order valence-electron chi connectivity index (χ1n) is 10.0. The lowest BCUT2D eigenvalue weighted by Gasteiger charge is -2.11. The smallest absolute Gasteiger partial charge is 0.357 e. The van der Waals surface area contributed by atoms with Gasteiger partial charge in [-0.25, -0.2) is 13.9 Å². The van der Waals surface area contributed by atoms with E-state index in [1.54, 1.807) is 29.8 Å². The van der Waals surface area contributed by atoms with Gasteiger partial charge in [-0.2, -0.15) is 5.10 Å². The molecule has 1 fully saturated rings. The number of nitrogens with zero attached hydrogens (tertiary/aromatic N) is 4. The van der Waals surface area contributed by atoms with Crippen LogP contribution in [0, 0.1) is 5.82 Å². The van der Waals surface area contributed by atoms with Crippen LogP contribution in [0.25, 0.3) is 17.1 Å². The maximum atomic E-state index is 13.1. The van der Waals surface area contributed by atoms with Crippen LogP contribution in [0.2, 0.25) is 0 Å². The molecule has 2 aromatic carbocycles. The van der Waals surface area contributed by atoms with Crippen molar-refractivity contribution >= 4 is 5.97 Å². The van der Waals surface area contributed by atoms with E-state index in [0.717, 1.165) is 24.2 Å². The average Bonchev–Trinajstić information content (AvgIpc) is 3.34. The Morgan fingerprint density at radius 2 is 1.87 bits per heavy atom. The maximum Gasteiger partial charge on any atom is 0.357 e. The van der Waals surface area contributed by atoms with Crippen LogP contribution in [0.5, 0.6) is 0 Å². The fraction of sp³-hybridized carbons (Fsp3) is 0.217. The van der Waals surface area contributed by atoms with Gasteiger partial charge in [-0.1, -0.05) is 18.2 Å². The molecule has 8 heteroatoms. The van der Waals surface area contributed by atoms with Gasteiger partial charge in [0, 0.05) is 11.5 Å². The van der Waals surface area contributed by atoms with E-state index in [9.17, 15) is 9.18 Å². The van der Waals surface area contributed by atoms with Crippen LogP contribution in [0.3, 0.4) is 0 Å². The van der Waals surface area contributed by atoms with Crippen LogP contribution in [-0.2, 0) is 4.74 Å². The van der Waals surface area contributed by atoms with E-state index in [2.05, 4.69) is 15.3 Å². The summed E-state index contributed by atoms with van der Waals surface area (Å²) >= 11 is 0. The summed E-state index contributed by atoms with van der Waals surface area (Å²) in [5.41, 5.74) is 2.60. The highest BCUT2D eigenvalue weighted by atomic mass is 19.1. The van der Waals surface area contributed by atoms with Gasteiger partial charge in [0.25, 0.3) is 5.89 Å². The third-order valence-electron chi connectivity index (χ3n) is 5.10. The molecule has 5 rings (SSSR count). The molecule has 0 radical (unpaired) electrons. The molecule has 1 saturated carbocycles. The minimum atomic E-state index is -0.766. The van der Waals surface area contributed by atoms with E-state index in [4.69, 9.17) is 9.15 Å². The number of benzene rings is 2. The Morgan fingerprint density at radius 1 is 1.13 bits per heavy atom. The van der Waals surface area contributed by atoms with Crippen molar-refractivity contribution in [2.45, 2.75) is 31.8 Å². The van der Waals surface area contributed by atoms with Gasteiger partial charge in [-0.15, -0.1) is 10.2 Å². The summed E-state index contributed by atoms with van der Waals surface area (Å²) in [5, 5.41) is 12.6. The van der Waals surface area contributed by atoms with Crippen molar-refractivity contribution in [1.29, 1.82) is 0 Å². The van der Waals surface area contributed by atoms with Crippen molar-refractivity contribution < 1.29 is 18.3 Å². The lowest BCUT2D eigenvalue weighted by Crippen LogP contribution is -2.14. The van der Waals surface area contributed by atoms with Gasteiger partial charge < -0.3 is 9.15 Å². The molecule has 1 aliphatic carbocycles. The molecule has 1 atom stereocenters. The number of hydrogen-bond acceptors (Lipinski definition) is 6. The van der Waals surface area contributed by atoms with Gasteiger partial charge in [0.05, 0.1) is 11.4 Å². The molecule has 31 heavy (non-hydrogen) atoms. The summed E-state index contributed by atoms with van der Waals surface area (Å²) in [7, 11) is 0. The molecule has 2 heterocycles. The van der Waals surface area contributed by atoms with E-state index in [-0.39, 0.29) is 17.6 Å². The monoisotopic (exact) mass is 418 g/mol. The molecule has 0 saturated heterocycles. The molecule has 0 spiro atoms. The zero-order chi connectivity index (χ0) is 21.4. The maximum absolute atomic E-state index is 13.1. The molecule has 0 amide bonds. The van der Waals surface area contributed by atoms with Crippen LogP contribution in [0.15, 0.2) is 65.1 Å². The van der Waals surface area contributed by atoms with E-state index in [1.165, 1.54) is 12.1 Å². The fourth-order valence-corrected chi connectivity index (χ4v) is 3.27. The molecule has 0 aliphatic heterocycles. The number of carbonyl (C=O) groups excluding carboxylic acids is 1. The molecule has 7 nitrogen and oxygen atoms in total. The van der Waals surface area contributed by atoms with Crippen molar-refractivity contribution in [3.8, 4) is 17.1 Å². The Kier molecular flexibility index (Phi) is 4.82. The number of carbonyl (C=O) groups is 1. The SMILES string of the molecule is C[C@H](OC(=O)c1cc(C2CC2)nn1-c1ccccc1)c1nnc(-c2ccc(F)cc2)o1. The second-order valence-electron chi connectivity index (χ2n) is 7.48. The van der Waals surface area contributed by atoms with Crippen LogP contribution in [0.1, 0.15) is 53.9 Å². The highest BCUT2D eigenvalue weighted by molar-refractivity contribution is 5.88. The summed E-state index contributed by atoms with van der Waals surface area (Å²) < 4.78 is 26.0. The number of para-hydroxylation sites is 1. The van der Waals surface area contributed by atoms with Gasteiger partial charge in [-0.05, 0) is 62.2 Å². The lowest BCUT2D eigenvalue weighted by atomic mass is 10.2. The Bertz CT molecular complexity index is 1210. The molecule has 0 bridgehead atoms.